The van der Waals surface area contributed by atoms with Gasteiger partial charge >= 0.3 is 0 Å². The minimum absolute atomic E-state index is 0.0124. The average molecular weight is 500 g/mol. The van der Waals surface area contributed by atoms with Crippen molar-refractivity contribution in [1.29, 1.82) is 5.26 Å². The van der Waals surface area contributed by atoms with E-state index in [0.717, 1.165) is 12.1 Å². The Morgan fingerprint density at radius 3 is 2.47 bits per heavy atom. The molecule has 0 radical (unpaired) electrons. The maximum atomic E-state index is 12.7. The maximum absolute atomic E-state index is 12.7. The molecule has 0 saturated carbocycles. The van der Waals surface area contributed by atoms with Crippen molar-refractivity contribution in [2.75, 3.05) is 10.0 Å². The van der Waals surface area contributed by atoms with Gasteiger partial charge in [-0.1, -0.05) is 30.8 Å². The van der Waals surface area contributed by atoms with Crippen molar-refractivity contribution in [3.8, 4) is 6.07 Å². The molecule has 11 heteroatoms. The van der Waals surface area contributed by atoms with Gasteiger partial charge in [0.2, 0.25) is 5.91 Å². The third kappa shape index (κ3) is 6.59. The topological polar surface area (TPSA) is 138 Å². The molecular weight excluding hydrogens is 474 g/mol. The van der Waals surface area contributed by atoms with E-state index in [1.54, 1.807) is 19.9 Å². The van der Waals surface area contributed by atoms with E-state index in [-0.39, 0.29) is 16.6 Å². The Morgan fingerprint density at radius 1 is 1.18 bits per heavy atom. The molecule has 0 aliphatic carbocycles. The predicted octanol–water partition coefficient (Wildman–Crippen LogP) is 4.37. The van der Waals surface area contributed by atoms with Crippen molar-refractivity contribution in [3.05, 3.63) is 59.5 Å². The first kappa shape index (κ1) is 25.3. The van der Waals surface area contributed by atoms with E-state index in [1.165, 1.54) is 42.1 Å². The molecule has 1 unspecified atom stereocenters. The summed E-state index contributed by atoms with van der Waals surface area (Å²) in [4.78, 5) is 17.3. The second-order valence-electron chi connectivity index (χ2n) is 8.07. The standard InChI is InChI=1S/C23H25N5O4S2/c1-14(2)11-19-6-5-17(13-24)23(26-19)33-16(4)22(29)25-18-7-9-20(10-8-18)34(30,31)28-21-12-15(3)32-27-21/h5-10,12,14,16H,11H2,1-4H3,(H,25,29)(H,27,28). The van der Waals surface area contributed by atoms with Gasteiger partial charge in [0.05, 0.1) is 15.7 Å². The largest absolute Gasteiger partial charge is 0.360 e. The molecule has 0 saturated heterocycles. The Morgan fingerprint density at radius 2 is 1.88 bits per heavy atom. The van der Waals surface area contributed by atoms with E-state index in [4.69, 9.17) is 4.52 Å². The van der Waals surface area contributed by atoms with E-state index in [9.17, 15) is 18.5 Å². The fourth-order valence-electron chi connectivity index (χ4n) is 2.98. The average Bonchev–Trinajstić information content (AvgIpc) is 3.17. The summed E-state index contributed by atoms with van der Waals surface area (Å²) in [5.41, 5.74) is 1.73. The molecule has 9 nitrogen and oxygen atoms in total. The van der Waals surface area contributed by atoms with Gasteiger partial charge in [-0.25, -0.2) is 13.4 Å². The number of pyridine rings is 1. The first-order valence-corrected chi connectivity index (χ1v) is 12.9. The molecule has 1 atom stereocenters. The lowest BCUT2D eigenvalue weighted by Crippen LogP contribution is -2.22. The van der Waals surface area contributed by atoms with E-state index >= 15 is 0 Å². The summed E-state index contributed by atoms with van der Waals surface area (Å²) in [5, 5.41) is 15.8. The zero-order chi connectivity index (χ0) is 24.9. The van der Waals surface area contributed by atoms with Crippen LogP contribution in [-0.4, -0.2) is 29.7 Å². The molecule has 0 aliphatic heterocycles. The number of rotatable bonds is 9. The quantitative estimate of drug-likeness (QED) is 0.414. The van der Waals surface area contributed by atoms with E-state index in [2.05, 4.69) is 40.1 Å². The highest BCUT2D eigenvalue weighted by molar-refractivity contribution is 8.00. The van der Waals surface area contributed by atoms with Crippen LogP contribution in [0.5, 0.6) is 0 Å². The summed E-state index contributed by atoms with van der Waals surface area (Å²) in [6, 6.07) is 12.9. The van der Waals surface area contributed by atoms with Gasteiger partial charge in [0.25, 0.3) is 10.0 Å². The number of anilines is 2. The molecule has 1 amide bonds. The predicted molar refractivity (Wildman–Crippen MR) is 130 cm³/mol. The van der Waals surface area contributed by atoms with Crippen molar-refractivity contribution in [1.82, 2.24) is 10.1 Å². The molecule has 34 heavy (non-hydrogen) atoms. The molecule has 0 spiro atoms. The SMILES string of the molecule is Cc1cc(NS(=O)(=O)c2ccc(NC(=O)C(C)Sc3nc(CC(C)C)ccc3C#N)cc2)no1. The molecule has 2 aromatic heterocycles. The van der Waals surface area contributed by atoms with Crippen LogP contribution >= 0.6 is 11.8 Å². The van der Waals surface area contributed by atoms with Gasteiger partial charge in [0, 0.05) is 17.4 Å². The summed E-state index contributed by atoms with van der Waals surface area (Å²) < 4.78 is 32.2. The number of aryl methyl sites for hydroxylation is 1. The number of nitrogens with one attached hydrogen (secondary N) is 2. The minimum atomic E-state index is -3.85. The number of benzene rings is 1. The van der Waals surface area contributed by atoms with Gasteiger partial charge in [-0.3, -0.25) is 9.52 Å². The second-order valence-corrected chi connectivity index (χ2v) is 11.1. The van der Waals surface area contributed by atoms with Crippen LogP contribution in [0.4, 0.5) is 11.5 Å². The number of hydrogen-bond acceptors (Lipinski definition) is 8. The number of thioether (sulfide) groups is 1. The normalized spacial score (nSPS) is 12.2. The van der Waals surface area contributed by atoms with Crippen LogP contribution in [0.2, 0.25) is 0 Å². The van der Waals surface area contributed by atoms with Crippen LogP contribution in [0.15, 0.2) is 56.9 Å². The van der Waals surface area contributed by atoms with Gasteiger partial charge in [0.1, 0.15) is 16.9 Å². The highest BCUT2D eigenvalue weighted by Gasteiger charge is 2.20. The van der Waals surface area contributed by atoms with Gasteiger partial charge < -0.3 is 9.84 Å². The number of carbonyl (C=O) groups is 1. The Kier molecular flexibility index (Phi) is 7.96. The number of hydrogen-bond donors (Lipinski definition) is 2. The lowest BCUT2D eigenvalue weighted by Gasteiger charge is -2.14. The lowest BCUT2D eigenvalue weighted by atomic mass is 10.1. The van der Waals surface area contributed by atoms with Crippen molar-refractivity contribution in [2.45, 2.75) is 49.3 Å². The van der Waals surface area contributed by atoms with Gasteiger partial charge in [-0.2, -0.15) is 5.26 Å². The number of amides is 1. The van der Waals surface area contributed by atoms with Crippen LogP contribution < -0.4 is 10.0 Å². The molecule has 3 aromatic rings. The van der Waals surface area contributed by atoms with Crippen LogP contribution in [0.1, 0.15) is 37.8 Å². The van der Waals surface area contributed by atoms with Crippen molar-refractivity contribution in [3.63, 3.8) is 0 Å². The van der Waals surface area contributed by atoms with E-state index in [0.29, 0.717) is 28.0 Å². The molecule has 0 fully saturated rings. The molecule has 2 N–H and O–H groups in total. The van der Waals surface area contributed by atoms with Gasteiger partial charge in [-0.05, 0) is 62.6 Å². The Balaban J connectivity index is 1.66. The van der Waals surface area contributed by atoms with Crippen molar-refractivity contribution in [2.24, 2.45) is 5.92 Å². The van der Waals surface area contributed by atoms with Crippen molar-refractivity contribution < 1.29 is 17.7 Å². The summed E-state index contributed by atoms with van der Waals surface area (Å²) >= 11 is 1.21. The van der Waals surface area contributed by atoms with Gasteiger partial charge in [0.15, 0.2) is 5.82 Å². The fourth-order valence-corrected chi connectivity index (χ4v) is 4.87. The summed E-state index contributed by atoms with van der Waals surface area (Å²) in [5.74, 6) is 0.688. The first-order valence-electron chi connectivity index (χ1n) is 10.5. The minimum Gasteiger partial charge on any atom is -0.360 e. The highest BCUT2D eigenvalue weighted by Crippen LogP contribution is 2.27. The van der Waals surface area contributed by atoms with E-state index < -0.39 is 15.3 Å². The van der Waals surface area contributed by atoms with Crippen LogP contribution in [0.3, 0.4) is 0 Å². The molecule has 0 bridgehead atoms. The Labute approximate surface area is 203 Å². The zero-order valence-corrected chi connectivity index (χ0v) is 20.8. The molecule has 2 heterocycles. The zero-order valence-electron chi connectivity index (χ0n) is 19.2. The second kappa shape index (κ2) is 10.7. The Hall–Kier alpha value is -3.36. The Bertz CT molecular complexity index is 1310. The summed E-state index contributed by atoms with van der Waals surface area (Å²) in [6.45, 7) is 7.55. The summed E-state index contributed by atoms with van der Waals surface area (Å²) in [6.07, 6.45) is 0.778. The first-order chi connectivity index (χ1) is 16.1. The van der Waals surface area contributed by atoms with E-state index in [1.807, 2.05) is 6.07 Å². The van der Waals surface area contributed by atoms with Crippen LogP contribution in [-0.2, 0) is 21.2 Å². The molecular formula is C23H25N5O4S2. The third-order valence-electron chi connectivity index (χ3n) is 4.61. The van der Waals surface area contributed by atoms with Crippen LogP contribution in [0, 0.1) is 24.2 Å². The lowest BCUT2D eigenvalue weighted by molar-refractivity contribution is -0.115. The molecule has 3 rings (SSSR count). The number of sulfonamides is 1. The smallest absolute Gasteiger partial charge is 0.263 e. The number of nitriles is 1. The number of nitrogens with zero attached hydrogens (tertiary/aromatic N) is 3. The van der Waals surface area contributed by atoms with Gasteiger partial charge in [-0.15, -0.1) is 0 Å². The summed E-state index contributed by atoms with van der Waals surface area (Å²) in [7, 11) is -3.85. The third-order valence-corrected chi connectivity index (χ3v) is 7.09. The molecule has 0 aliphatic rings. The number of carbonyl (C=O) groups excluding carboxylic acids is 1. The highest BCUT2D eigenvalue weighted by atomic mass is 32.2. The maximum Gasteiger partial charge on any atom is 0.263 e. The van der Waals surface area contributed by atoms with Crippen LogP contribution in [0.25, 0.3) is 0 Å². The molecule has 178 valence electrons. The van der Waals surface area contributed by atoms with Crippen molar-refractivity contribution >= 4 is 39.2 Å². The fraction of sp³-hybridized carbons (Fsp3) is 0.304. The molecule has 1 aromatic carbocycles. The number of aromatic nitrogens is 2. The monoisotopic (exact) mass is 499 g/mol.